The summed E-state index contributed by atoms with van der Waals surface area (Å²) in [7, 11) is 1.52. The van der Waals surface area contributed by atoms with E-state index in [0.717, 1.165) is 10.5 Å². The van der Waals surface area contributed by atoms with Crippen LogP contribution in [0.25, 0.3) is 0 Å². The Bertz CT molecular complexity index is 944. The summed E-state index contributed by atoms with van der Waals surface area (Å²) < 4.78 is 10.5. The van der Waals surface area contributed by atoms with Gasteiger partial charge in [-0.25, -0.2) is 9.69 Å². The molecule has 0 radical (unpaired) electrons. The normalized spacial score (nSPS) is 16.0. The summed E-state index contributed by atoms with van der Waals surface area (Å²) in [4.78, 5) is 41.3. The Morgan fingerprint density at radius 2 is 1.87 bits per heavy atom. The molecule has 8 heteroatoms. The third-order valence-electron chi connectivity index (χ3n) is 4.94. The van der Waals surface area contributed by atoms with Crippen LogP contribution >= 0.6 is 0 Å². The van der Waals surface area contributed by atoms with Gasteiger partial charge in [-0.15, -0.1) is 0 Å². The van der Waals surface area contributed by atoms with Gasteiger partial charge in [0.25, 0.3) is 5.91 Å². The minimum Gasteiger partial charge on any atom is -0.494 e. The molecule has 3 rings (SSSR count). The summed E-state index contributed by atoms with van der Waals surface area (Å²) in [6.07, 6.45) is -0.149. The molecule has 1 heterocycles. The van der Waals surface area contributed by atoms with Crippen molar-refractivity contribution in [2.75, 3.05) is 37.1 Å². The maximum absolute atomic E-state index is 13.1. The molecule has 1 fully saturated rings. The summed E-state index contributed by atoms with van der Waals surface area (Å²) >= 11 is 0. The lowest BCUT2D eigenvalue weighted by atomic mass is 10.1. The molecule has 1 N–H and O–H groups in total. The van der Waals surface area contributed by atoms with Crippen molar-refractivity contribution in [2.45, 2.75) is 26.3 Å². The molecule has 8 nitrogen and oxygen atoms in total. The number of ether oxygens (including phenoxy) is 2. The van der Waals surface area contributed by atoms with E-state index in [1.54, 1.807) is 42.5 Å². The van der Waals surface area contributed by atoms with Gasteiger partial charge < -0.3 is 19.7 Å². The standard InChI is InChI=1S/C23H27N3O5/c1-4-31-19-10-8-17(9-11-19)24-21(27)15-20-22(28)26(18-7-5-6-16(2)14-18)23(29)25(20)12-13-30-3/h5-11,14,20H,4,12-13,15H2,1-3H3,(H,24,27). The van der Waals surface area contributed by atoms with E-state index < -0.39 is 18.0 Å². The zero-order chi connectivity index (χ0) is 22.4. The van der Waals surface area contributed by atoms with E-state index in [-0.39, 0.29) is 25.5 Å². The average Bonchev–Trinajstić information content (AvgIpc) is 2.97. The Morgan fingerprint density at radius 1 is 1.13 bits per heavy atom. The number of rotatable bonds is 9. The largest absolute Gasteiger partial charge is 0.494 e. The van der Waals surface area contributed by atoms with Gasteiger partial charge in [-0.2, -0.15) is 0 Å². The van der Waals surface area contributed by atoms with Crippen LogP contribution in [0.5, 0.6) is 5.75 Å². The van der Waals surface area contributed by atoms with Gasteiger partial charge >= 0.3 is 6.03 Å². The van der Waals surface area contributed by atoms with Crippen LogP contribution < -0.4 is 15.0 Å². The maximum atomic E-state index is 13.1. The monoisotopic (exact) mass is 425 g/mol. The Hall–Kier alpha value is -3.39. The fourth-order valence-corrected chi connectivity index (χ4v) is 3.47. The van der Waals surface area contributed by atoms with Crippen molar-refractivity contribution in [3.8, 4) is 5.75 Å². The van der Waals surface area contributed by atoms with Crippen LogP contribution in [0.3, 0.4) is 0 Å². The van der Waals surface area contributed by atoms with E-state index in [4.69, 9.17) is 9.47 Å². The van der Waals surface area contributed by atoms with Crippen LogP contribution in [0.2, 0.25) is 0 Å². The quantitative estimate of drug-likeness (QED) is 0.624. The van der Waals surface area contributed by atoms with Crippen LogP contribution in [0.4, 0.5) is 16.2 Å². The molecule has 1 aliphatic heterocycles. The van der Waals surface area contributed by atoms with Crippen molar-refractivity contribution in [1.82, 2.24) is 4.90 Å². The van der Waals surface area contributed by atoms with Crippen LogP contribution in [0.1, 0.15) is 18.9 Å². The summed E-state index contributed by atoms with van der Waals surface area (Å²) in [6, 6.07) is 12.8. The van der Waals surface area contributed by atoms with Gasteiger partial charge in [0.05, 0.1) is 25.3 Å². The second-order valence-corrected chi connectivity index (χ2v) is 7.21. The van der Waals surface area contributed by atoms with E-state index in [1.165, 1.54) is 12.0 Å². The third-order valence-corrected chi connectivity index (χ3v) is 4.94. The predicted molar refractivity (Wildman–Crippen MR) is 117 cm³/mol. The lowest BCUT2D eigenvalue weighted by molar-refractivity contribution is -0.124. The van der Waals surface area contributed by atoms with Gasteiger partial charge in [-0.05, 0) is 55.8 Å². The molecule has 31 heavy (non-hydrogen) atoms. The molecule has 2 aromatic carbocycles. The summed E-state index contributed by atoms with van der Waals surface area (Å²) in [5.41, 5.74) is 2.01. The first-order chi connectivity index (χ1) is 14.9. The minimum atomic E-state index is -0.897. The van der Waals surface area contributed by atoms with Crippen LogP contribution in [-0.2, 0) is 14.3 Å². The van der Waals surface area contributed by atoms with Crippen molar-refractivity contribution in [3.63, 3.8) is 0 Å². The molecule has 0 spiro atoms. The van der Waals surface area contributed by atoms with E-state index in [2.05, 4.69) is 5.32 Å². The van der Waals surface area contributed by atoms with Crippen molar-refractivity contribution in [1.29, 1.82) is 0 Å². The van der Waals surface area contributed by atoms with Crippen molar-refractivity contribution in [2.24, 2.45) is 0 Å². The number of hydrogen-bond acceptors (Lipinski definition) is 5. The number of benzene rings is 2. The fraction of sp³-hybridized carbons (Fsp3) is 0.348. The fourth-order valence-electron chi connectivity index (χ4n) is 3.47. The summed E-state index contributed by atoms with van der Waals surface area (Å²) in [5.74, 6) is -0.0750. The number of urea groups is 1. The Kier molecular flexibility index (Phi) is 7.25. The number of aryl methyl sites for hydroxylation is 1. The zero-order valence-electron chi connectivity index (χ0n) is 18.0. The van der Waals surface area contributed by atoms with Crippen molar-refractivity contribution >= 4 is 29.2 Å². The number of imide groups is 1. The molecular formula is C23H27N3O5. The Morgan fingerprint density at radius 3 is 2.52 bits per heavy atom. The highest BCUT2D eigenvalue weighted by Crippen LogP contribution is 2.27. The molecule has 0 aromatic heterocycles. The van der Waals surface area contributed by atoms with E-state index in [9.17, 15) is 14.4 Å². The number of hydrogen-bond donors (Lipinski definition) is 1. The molecule has 1 atom stereocenters. The predicted octanol–water partition coefficient (Wildman–Crippen LogP) is 3.21. The van der Waals surface area contributed by atoms with Crippen LogP contribution in [-0.4, -0.2) is 55.7 Å². The van der Waals surface area contributed by atoms with Gasteiger partial charge in [-0.3, -0.25) is 9.59 Å². The van der Waals surface area contributed by atoms with Crippen molar-refractivity contribution < 1.29 is 23.9 Å². The average molecular weight is 425 g/mol. The van der Waals surface area contributed by atoms with Crippen LogP contribution in [0.15, 0.2) is 48.5 Å². The first kappa shape index (κ1) is 22.3. The Balaban J connectivity index is 1.75. The highest BCUT2D eigenvalue weighted by molar-refractivity contribution is 6.22. The van der Waals surface area contributed by atoms with Gasteiger partial charge in [0.1, 0.15) is 11.8 Å². The zero-order valence-corrected chi connectivity index (χ0v) is 18.0. The lowest BCUT2D eigenvalue weighted by Gasteiger charge is -2.21. The van der Waals surface area contributed by atoms with Gasteiger partial charge in [0.2, 0.25) is 5.91 Å². The van der Waals surface area contributed by atoms with E-state index >= 15 is 0 Å². The van der Waals surface area contributed by atoms with Gasteiger partial charge in [0, 0.05) is 19.3 Å². The molecule has 1 aliphatic rings. The molecule has 2 aromatic rings. The number of carbonyl (C=O) groups is 3. The lowest BCUT2D eigenvalue weighted by Crippen LogP contribution is -2.39. The maximum Gasteiger partial charge on any atom is 0.332 e. The first-order valence-corrected chi connectivity index (χ1v) is 10.2. The molecule has 1 unspecified atom stereocenters. The summed E-state index contributed by atoms with van der Waals surface area (Å²) in [6.45, 7) is 4.81. The smallest absolute Gasteiger partial charge is 0.332 e. The molecule has 0 saturated carbocycles. The number of nitrogens with zero attached hydrogens (tertiary/aromatic N) is 2. The summed E-state index contributed by atoms with van der Waals surface area (Å²) in [5, 5.41) is 2.78. The number of anilines is 2. The van der Waals surface area contributed by atoms with Crippen molar-refractivity contribution in [3.05, 3.63) is 54.1 Å². The molecular weight excluding hydrogens is 398 g/mol. The van der Waals surface area contributed by atoms with Gasteiger partial charge in [-0.1, -0.05) is 12.1 Å². The molecule has 164 valence electrons. The van der Waals surface area contributed by atoms with Crippen LogP contribution in [0, 0.1) is 6.92 Å². The number of carbonyl (C=O) groups excluding carboxylic acids is 3. The van der Waals surface area contributed by atoms with E-state index in [0.29, 0.717) is 23.7 Å². The second-order valence-electron chi connectivity index (χ2n) is 7.21. The van der Waals surface area contributed by atoms with Gasteiger partial charge in [0.15, 0.2) is 0 Å². The molecule has 1 saturated heterocycles. The topological polar surface area (TPSA) is 88.2 Å². The molecule has 0 bridgehead atoms. The SMILES string of the molecule is CCOc1ccc(NC(=O)CC2C(=O)N(c3cccc(C)c3)C(=O)N2CCOC)cc1. The number of amides is 4. The highest BCUT2D eigenvalue weighted by Gasteiger charge is 2.46. The van der Waals surface area contributed by atoms with E-state index in [1.807, 2.05) is 19.9 Å². The molecule has 0 aliphatic carbocycles. The highest BCUT2D eigenvalue weighted by atomic mass is 16.5. The molecule has 4 amide bonds. The minimum absolute atomic E-state index is 0.149. The first-order valence-electron chi connectivity index (χ1n) is 10.2. The number of methoxy groups -OCH3 is 1. The Labute approximate surface area is 181 Å². The number of nitrogens with one attached hydrogen (secondary N) is 1. The third kappa shape index (κ3) is 5.21. The second kappa shape index (κ2) is 10.1.